The summed E-state index contributed by atoms with van der Waals surface area (Å²) in [6, 6.07) is 0. The quantitative estimate of drug-likeness (QED) is 0.667. The number of hydrogen-bond donors (Lipinski definition) is 1. The smallest absolute Gasteiger partial charge is 0.330 e. The predicted molar refractivity (Wildman–Crippen MR) is 97.2 cm³/mol. The zero-order valence-corrected chi connectivity index (χ0v) is 17.1. The maximum atomic E-state index is 12.3. The summed E-state index contributed by atoms with van der Waals surface area (Å²) < 4.78 is 36.7. The molecule has 2 saturated heterocycles. The van der Waals surface area contributed by atoms with Gasteiger partial charge in [-0.15, -0.1) is 0 Å². The fraction of sp³-hybridized carbons (Fsp3) is 0.765. The zero-order chi connectivity index (χ0) is 20.5. The molecule has 158 valence electrons. The number of aromatic amines is 1. The maximum absolute atomic E-state index is 12.3. The van der Waals surface area contributed by atoms with E-state index in [-0.39, 0.29) is 12.6 Å². The lowest BCUT2D eigenvalue weighted by Crippen LogP contribution is -2.57. The standard InChI is InChI=1S/C17H27N2O8P/c1-4-24-12-7-6-8-25-17(12)13(27-28(22,23)5-2)9-14(26-17)19-10-11(3)15(20)18-16(19)21/h10,12-14H,4-9H2,1-3H3,(H,22,23)(H,18,20,21)/p-1/t12-,13?,14+,17+/m0/s1. The molecule has 2 fully saturated rings. The molecule has 1 aromatic rings. The van der Waals surface area contributed by atoms with Gasteiger partial charge in [0.1, 0.15) is 26.0 Å². The Bertz CT molecular complexity index is 865. The predicted octanol–water partition coefficient (Wildman–Crippen LogP) is 0.634. The van der Waals surface area contributed by atoms with Gasteiger partial charge in [0, 0.05) is 30.9 Å². The Hall–Kier alpha value is -1.29. The molecule has 0 aliphatic carbocycles. The van der Waals surface area contributed by atoms with Crippen molar-refractivity contribution in [2.24, 2.45) is 0 Å². The Morgan fingerprint density at radius 1 is 1.39 bits per heavy atom. The van der Waals surface area contributed by atoms with E-state index in [1.165, 1.54) is 17.7 Å². The number of rotatable bonds is 6. The van der Waals surface area contributed by atoms with Crippen LogP contribution in [0, 0.1) is 6.92 Å². The van der Waals surface area contributed by atoms with E-state index >= 15 is 0 Å². The van der Waals surface area contributed by atoms with Crippen molar-refractivity contribution >= 4 is 7.60 Å². The van der Waals surface area contributed by atoms with E-state index in [9.17, 15) is 19.0 Å². The summed E-state index contributed by atoms with van der Waals surface area (Å²) in [5, 5.41) is 0. The molecule has 1 aromatic heterocycles. The van der Waals surface area contributed by atoms with Crippen LogP contribution in [0.4, 0.5) is 0 Å². The highest BCUT2D eigenvalue weighted by Gasteiger charge is 2.59. The summed E-state index contributed by atoms with van der Waals surface area (Å²) in [4.78, 5) is 38.4. The van der Waals surface area contributed by atoms with Crippen LogP contribution in [0.1, 0.15) is 44.9 Å². The van der Waals surface area contributed by atoms with Crippen molar-refractivity contribution in [3.05, 3.63) is 32.6 Å². The van der Waals surface area contributed by atoms with Crippen molar-refractivity contribution in [2.45, 2.75) is 64.3 Å². The minimum Gasteiger partial charge on any atom is -0.778 e. The number of ether oxygens (including phenoxy) is 3. The van der Waals surface area contributed by atoms with Gasteiger partial charge >= 0.3 is 5.69 Å². The molecule has 5 atom stereocenters. The van der Waals surface area contributed by atoms with Crippen molar-refractivity contribution in [1.82, 2.24) is 9.55 Å². The van der Waals surface area contributed by atoms with Crippen molar-refractivity contribution < 1.29 is 28.2 Å². The Kier molecular flexibility index (Phi) is 6.29. The van der Waals surface area contributed by atoms with Crippen molar-refractivity contribution in [3.8, 4) is 0 Å². The van der Waals surface area contributed by atoms with E-state index in [1.807, 2.05) is 6.92 Å². The zero-order valence-electron chi connectivity index (χ0n) is 16.2. The van der Waals surface area contributed by atoms with Crippen LogP contribution < -0.4 is 16.1 Å². The Labute approximate surface area is 162 Å². The van der Waals surface area contributed by atoms with Gasteiger partial charge in [-0.25, -0.2) is 4.79 Å². The molecule has 0 aromatic carbocycles. The topological polar surface area (TPSA) is 132 Å². The Morgan fingerprint density at radius 2 is 2.14 bits per heavy atom. The summed E-state index contributed by atoms with van der Waals surface area (Å²) >= 11 is 0. The number of aromatic nitrogens is 2. The molecule has 1 N–H and O–H groups in total. The number of aryl methyl sites for hydroxylation is 1. The van der Waals surface area contributed by atoms with E-state index < -0.39 is 43.1 Å². The average Bonchev–Trinajstić information content (AvgIpc) is 2.98. The lowest BCUT2D eigenvalue weighted by atomic mass is 9.96. The Morgan fingerprint density at radius 3 is 2.82 bits per heavy atom. The van der Waals surface area contributed by atoms with E-state index in [1.54, 1.807) is 6.92 Å². The molecule has 1 spiro atoms. The van der Waals surface area contributed by atoms with Crippen LogP contribution in [0.5, 0.6) is 0 Å². The maximum Gasteiger partial charge on any atom is 0.330 e. The first-order valence-electron chi connectivity index (χ1n) is 9.46. The first-order chi connectivity index (χ1) is 13.2. The molecule has 0 amide bonds. The molecule has 0 radical (unpaired) electrons. The normalized spacial score (nSPS) is 32.5. The van der Waals surface area contributed by atoms with E-state index in [0.29, 0.717) is 25.2 Å². The first kappa shape index (κ1) is 21.4. The van der Waals surface area contributed by atoms with Crippen LogP contribution in [0.15, 0.2) is 15.8 Å². The number of hydrogen-bond acceptors (Lipinski definition) is 8. The van der Waals surface area contributed by atoms with Gasteiger partial charge in [0.05, 0.1) is 6.61 Å². The molecule has 3 rings (SSSR count). The second kappa shape index (κ2) is 8.22. The van der Waals surface area contributed by atoms with Gasteiger partial charge in [-0.05, 0) is 26.7 Å². The summed E-state index contributed by atoms with van der Waals surface area (Å²) in [5.41, 5.74) is -0.811. The summed E-state index contributed by atoms with van der Waals surface area (Å²) in [6.45, 7) is 5.62. The highest BCUT2D eigenvalue weighted by molar-refractivity contribution is 7.51. The lowest BCUT2D eigenvalue weighted by Gasteiger charge is -2.44. The van der Waals surface area contributed by atoms with Gasteiger partial charge in [0.2, 0.25) is 5.79 Å². The largest absolute Gasteiger partial charge is 0.778 e. The third-order valence-corrected chi connectivity index (χ3v) is 6.42. The highest BCUT2D eigenvalue weighted by atomic mass is 31.2. The van der Waals surface area contributed by atoms with Gasteiger partial charge in [-0.2, -0.15) is 0 Å². The molecule has 2 aliphatic heterocycles. The molecule has 3 heterocycles. The average molecular weight is 417 g/mol. The molecule has 2 aliphatic rings. The number of nitrogens with one attached hydrogen (secondary N) is 1. The lowest BCUT2D eigenvalue weighted by molar-refractivity contribution is -0.331. The second-order valence-electron chi connectivity index (χ2n) is 6.96. The molecule has 0 bridgehead atoms. The van der Waals surface area contributed by atoms with Crippen LogP contribution in [0.3, 0.4) is 0 Å². The van der Waals surface area contributed by atoms with E-state index in [4.69, 9.17) is 18.7 Å². The monoisotopic (exact) mass is 417 g/mol. The minimum atomic E-state index is -4.12. The van der Waals surface area contributed by atoms with E-state index in [2.05, 4.69) is 4.98 Å². The van der Waals surface area contributed by atoms with Crippen molar-refractivity contribution in [3.63, 3.8) is 0 Å². The molecule has 10 nitrogen and oxygen atoms in total. The molecular weight excluding hydrogens is 391 g/mol. The summed E-state index contributed by atoms with van der Waals surface area (Å²) in [7, 11) is -4.12. The molecule has 2 unspecified atom stereocenters. The van der Waals surface area contributed by atoms with E-state index in [0.717, 1.165) is 6.42 Å². The fourth-order valence-electron chi connectivity index (χ4n) is 3.64. The SMILES string of the molecule is CCO[C@H]1CCCO[C@@]12O[C@@H](n1cc(C)c(=O)[nH]c1=O)CC2OP(=O)([O-])CC. The van der Waals surface area contributed by atoms with Gasteiger partial charge in [-0.3, -0.25) is 14.3 Å². The molecule has 0 saturated carbocycles. The van der Waals surface area contributed by atoms with Gasteiger partial charge in [-0.1, -0.05) is 6.92 Å². The van der Waals surface area contributed by atoms with Crippen LogP contribution in [0.25, 0.3) is 0 Å². The highest BCUT2D eigenvalue weighted by Crippen LogP contribution is 2.51. The first-order valence-corrected chi connectivity index (χ1v) is 11.2. The molecular formula is C17H26N2O8P-. The second-order valence-corrected chi connectivity index (χ2v) is 9.03. The number of H-pyrrole nitrogens is 1. The Balaban J connectivity index is 2.01. The van der Waals surface area contributed by atoms with Gasteiger partial charge in [0.15, 0.2) is 0 Å². The molecule has 11 heteroatoms. The van der Waals surface area contributed by atoms with Crippen LogP contribution in [-0.2, 0) is 23.3 Å². The fourth-order valence-corrected chi connectivity index (χ4v) is 4.41. The van der Waals surface area contributed by atoms with Crippen LogP contribution >= 0.6 is 7.60 Å². The van der Waals surface area contributed by atoms with Gasteiger partial charge in [0.25, 0.3) is 5.56 Å². The minimum absolute atomic E-state index is 0.0567. The molecule has 28 heavy (non-hydrogen) atoms. The number of nitrogens with zero attached hydrogens (tertiary/aromatic N) is 1. The third-order valence-electron chi connectivity index (χ3n) is 5.07. The van der Waals surface area contributed by atoms with Gasteiger partial charge < -0.3 is 28.2 Å². The van der Waals surface area contributed by atoms with Crippen LogP contribution in [-0.4, -0.2) is 46.9 Å². The third kappa shape index (κ3) is 4.03. The van der Waals surface area contributed by atoms with Crippen LogP contribution in [0.2, 0.25) is 0 Å². The van der Waals surface area contributed by atoms with Crippen molar-refractivity contribution in [1.29, 1.82) is 0 Å². The summed E-state index contributed by atoms with van der Waals surface area (Å²) in [5.74, 6) is -1.45. The summed E-state index contributed by atoms with van der Waals surface area (Å²) in [6.07, 6.45) is 0.211. The van der Waals surface area contributed by atoms with Crippen molar-refractivity contribution in [2.75, 3.05) is 19.4 Å².